The Balaban J connectivity index is 1.50. The first-order valence-electron chi connectivity index (χ1n) is 8.64. The van der Waals surface area contributed by atoms with E-state index in [2.05, 4.69) is 9.97 Å². The average Bonchev–Trinajstić information content (AvgIpc) is 3.05. The fourth-order valence-electron chi connectivity index (χ4n) is 3.70. The van der Waals surface area contributed by atoms with E-state index in [0.29, 0.717) is 24.6 Å². The zero-order chi connectivity index (χ0) is 17.2. The van der Waals surface area contributed by atoms with Crippen molar-refractivity contribution in [2.24, 2.45) is 0 Å². The van der Waals surface area contributed by atoms with Crippen LogP contribution in [0.15, 0.2) is 42.9 Å². The number of hydrogen-bond donors (Lipinski definition) is 0. The molecule has 0 unspecified atom stereocenters. The average molecular weight is 339 g/mol. The molecule has 2 aromatic heterocycles. The van der Waals surface area contributed by atoms with Gasteiger partial charge in [-0.3, -0.25) is 9.78 Å². The Morgan fingerprint density at radius 2 is 2.24 bits per heavy atom. The standard InChI is InChI=1S/C19H21N3O3/c1-13-10-14(12-20-11-13)19(23)22-8-9-24-18-15(22)5-6-16(18)25-17-4-2-3-7-21-17/h2-4,7,10-12,15-16,18H,5-6,8-9H2,1H3/t15-,16-,18+/m0/s1. The van der Waals surface area contributed by atoms with Gasteiger partial charge in [-0.1, -0.05) is 6.07 Å². The molecular weight excluding hydrogens is 318 g/mol. The molecule has 0 bridgehead atoms. The summed E-state index contributed by atoms with van der Waals surface area (Å²) in [5.74, 6) is 0.621. The van der Waals surface area contributed by atoms with Gasteiger partial charge in [-0.2, -0.15) is 0 Å². The van der Waals surface area contributed by atoms with Gasteiger partial charge in [-0.25, -0.2) is 4.98 Å². The van der Waals surface area contributed by atoms with Gasteiger partial charge in [0.05, 0.1) is 18.2 Å². The van der Waals surface area contributed by atoms with Crippen molar-refractivity contribution in [2.45, 2.75) is 38.0 Å². The molecule has 6 heteroatoms. The third-order valence-corrected chi connectivity index (χ3v) is 4.83. The zero-order valence-corrected chi connectivity index (χ0v) is 14.2. The van der Waals surface area contributed by atoms with Crippen LogP contribution in [0, 0.1) is 6.92 Å². The molecule has 1 aliphatic heterocycles. The molecule has 0 spiro atoms. The van der Waals surface area contributed by atoms with Crippen LogP contribution in [0.4, 0.5) is 0 Å². The van der Waals surface area contributed by atoms with Gasteiger partial charge in [0.25, 0.3) is 5.91 Å². The van der Waals surface area contributed by atoms with E-state index in [0.717, 1.165) is 18.4 Å². The first kappa shape index (κ1) is 16.0. The molecule has 1 saturated carbocycles. The molecule has 6 nitrogen and oxygen atoms in total. The van der Waals surface area contributed by atoms with Gasteiger partial charge < -0.3 is 14.4 Å². The second-order valence-corrected chi connectivity index (χ2v) is 6.55. The van der Waals surface area contributed by atoms with Crippen LogP contribution >= 0.6 is 0 Å². The van der Waals surface area contributed by atoms with Crippen LogP contribution in [-0.4, -0.2) is 52.2 Å². The monoisotopic (exact) mass is 339 g/mol. The molecule has 0 N–H and O–H groups in total. The number of aromatic nitrogens is 2. The van der Waals surface area contributed by atoms with Gasteiger partial charge in [0.15, 0.2) is 0 Å². The quantitative estimate of drug-likeness (QED) is 0.858. The SMILES string of the molecule is Cc1cncc(C(=O)N2CCO[C@H]3[C@@H](Oc4ccccn4)CC[C@@H]32)c1. The Morgan fingerprint density at radius 1 is 1.32 bits per heavy atom. The van der Waals surface area contributed by atoms with Crippen molar-refractivity contribution in [3.05, 3.63) is 54.0 Å². The molecular formula is C19H21N3O3. The maximum atomic E-state index is 12.9. The number of pyridine rings is 2. The fourth-order valence-corrected chi connectivity index (χ4v) is 3.70. The van der Waals surface area contributed by atoms with E-state index in [1.165, 1.54) is 0 Å². The van der Waals surface area contributed by atoms with E-state index in [4.69, 9.17) is 9.47 Å². The van der Waals surface area contributed by atoms with Gasteiger partial charge >= 0.3 is 0 Å². The molecule has 1 aliphatic carbocycles. The lowest BCUT2D eigenvalue weighted by atomic mass is 10.1. The van der Waals surface area contributed by atoms with E-state index in [9.17, 15) is 4.79 Å². The van der Waals surface area contributed by atoms with Crippen LogP contribution < -0.4 is 4.74 Å². The maximum absolute atomic E-state index is 12.9. The highest BCUT2D eigenvalue weighted by Crippen LogP contribution is 2.33. The first-order chi connectivity index (χ1) is 12.2. The highest BCUT2D eigenvalue weighted by molar-refractivity contribution is 5.94. The van der Waals surface area contributed by atoms with Crippen molar-refractivity contribution in [2.75, 3.05) is 13.2 Å². The van der Waals surface area contributed by atoms with Crippen molar-refractivity contribution in [1.29, 1.82) is 0 Å². The molecule has 130 valence electrons. The predicted molar refractivity (Wildman–Crippen MR) is 91.4 cm³/mol. The van der Waals surface area contributed by atoms with Crippen LogP contribution in [0.3, 0.4) is 0 Å². The van der Waals surface area contributed by atoms with Gasteiger partial charge in [-0.05, 0) is 37.5 Å². The van der Waals surface area contributed by atoms with Gasteiger partial charge in [0.1, 0.15) is 12.2 Å². The van der Waals surface area contributed by atoms with Crippen molar-refractivity contribution < 1.29 is 14.3 Å². The number of carbonyl (C=O) groups excluding carboxylic acids is 1. The molecule has 2 aliphatic rings. The number of rotatable bonds is 3. The summed E-state index contributed by atoms with van der Waals surface area (Å²) in [7, 11) is 0. The third-order valence-electron chi connectivity index (χ3n) is 4.83. The summed E-state index contributed by atoms with van der Waals surface area (Å²) in [5.41, 5.74) is 1.62. The molecule has 3 atom stereocenters. The Morgan fingerprint density at radius 3 is 3.04 bits per heavy atom. The van der Waals surface area contributed by atoms with E-state index < -0.39 is 0 Å². The van der Waals surface area contributed by atoms with Crippen molar-refractivity contribution in [3.8, 4) is 5.88 Å². The smallest absolute Gasteiger partial charge is 0.255 e. The number of ether oxygens (including phenoxy) is 2. The lowest BCUT2D eigenvalue weighted by Crippen LogP contribution is -2.54. The molecule has 0 radical (unpaired) electrons. The van der Waals surface area contributed by atoms with Crippen molar-refractivity contribution in [1.82, 2.24) is 14.9 Å². The number of fused-ring (bicyclic) bond motifs is 1. The minimum absolute atomic E-state index is 0.0213. The number of carbonyl (C=O) groups is 1. The van der Waals surface area contributed by atoms with Gasteiger partial charge in [0.2, 0.25) is 5.88 Å². The number of nitrogens with zero attached hydrogens (tertiary/aromatic N) is 3. The summed E-state index contributed by atoms with van der Waals surface area (Å²) in [6.45, 7) is 3.07. The topological polar surface area (TPSA) is 64.6 Å². The molecule has 3 heterocycles. The van der Waals surface area contributed by atoms with Gasteiger partial charge in [-0.15, -0.1) is 0 Å². The Labute approximate surface area is 146 Å². The third kappa shape index (κ3) is 3.22. The summed E-state index contributed by atoms with van der Waals surface area (Å²) >= 11 is 0. The lowest BCUT2D eigenvalue weighted by Gasteiger charge is -2.39. The van der Waals surface area contributed by atoms with Crippen molar-refractivity contribution in [3.63, 3.8) is 0 Å². The fraction of sp³-hybridized carbons (Fsp3) is 0.421. The Bertz CT molecular complexity index is 753. The second-order valence-electron chi connectivity index (χ2n) is 6.55. The van der Waals surface area contributed by atoms with Gasteiger partial charge in [0, 0.05) is 31.2 Å². The largest absolute Gasteiger partial charge is 0.471 e. The van der Waals surface area contributed by atoms with Crippen LogP contribution in [0.25, 0.3) is 0 Å². The Kier molecular flexibility index (Phi) is 4.36. The van der Waals surface area contributed by atoms with E-state index >= 15 is 0 Å². The van der Waals surface area contributed by atoms with Crippen LogP contribution in [0.5, 0.6) is 5.88 Å². The lowest BCUT2D eigenvalue weighted by molar-refractivity contribution is -0.0793. The molecule has 1 saturated heterocycles. The van der Waals surface area contributed by atoms with E-state index in [-0.39, 0.29) is 24.2 Å². The zero-order valence-electron chi connectivity index (χ0n) is 14.2. The summed E-state index contributed by atoms with van der Waals surface area (Å²) in [6.07, 6.45) is 6.63. The summed E-state index contributed by atoms with van der Waals surface area (Å²) in [5, 5.41) is 0. The predicted octanol–water partition coefficient (Wildman–Crippen LogP) is 2.24. The van der Waals surface area contributed by atoms with Crippen LogP contribution in [0.2, 0.25) is 0 Å². The molecule has 25 heavy (non-hydrogen) atoms. The highest BCUT2D eigenvalue weighted by Gasteiger charge is 2.46. The summed E-state index contributed by atoms with van der Waals surface area (Å²) in [6, 6.07) is 7.53. The number of aryl methyl sites for hydroxylation is 1. The molecule has 2 aromatic rings. The van der Waals surface area contributed by atoms with Crippen LogP contribution in [0.1, 0.15) is 28.8 Å². The molecule has 1 amide bonds. The normalized spacial score (nSPS) is 25.5. The summed E-state index contributed by atoms with van der Waals surface area (Å²) in [4.78, 5) is 23.2. The van der Waals surface area contributed by atoms with Crippen LogP contribution in [-0.2, 0) is 4.74 Å². The number of morpholine rings is 1. The van der Waals surface area contributed by atoms with E-state index in [1.807, 2.05) is 36.1 Å². The van der Waals surface area contributed by atoms with Crippen molar-refractivity contribution >= 4 is 5.91 Å². The molecule has 4 rings (SSSR count). The summed E-state index contributed by atoms with van der Waals surface area (Å²) < 4.78 is 12.0. The minimum atomic E-state index is -0.113. The minimum Gasteiger partial charge on any atom is -0.471 e. The number of hydrogen-bond acceptors (Lipinski definition) is 5. The number of amides is 1. The Hall–Kier alpha value is -2.47. The van der Waals surface area contributed by atoms with E-state index in [1.54, 1.807) is 18.6 Å². The maximum Gasteiger partial charge on any atom is 0.255 e. The second kappa shape index (κ2) is 6.80. The molecule has 0 aromatic carbocycles. The highest BCUT2D eigenvalue weighted by atomic mass is 16.5. The molecule has 2 fully saturated rings. The first-order valence-corrected chi connectivity index (χ1v) is 8.64.